The van der Waals surface area contributed by atoms with Crippen molar-refractivity contribution in [3.8, 4) is 17.2 Å². The molecule has 24 nitrogen and oxygen atoms in total. The zero-order valence-corrected chi connectivity index (χ0v) is 49.8. The molecule has 6 aliphatic heterocycles. The lowest BCUT2D eigenvalue weighted by molar-refractivity contribution is -0.334. The Morgan fingerprint density at radius 2 is 0.917 bits per heavy atom. The Morgan fingerprint density at radius 3 is 1.37 bits per heavy atom. The lowest BCUT2D eigenvalue weighted by Crippen LogP contribution is -2.58. The molecule has 2 aromatic rings. The summed E-state index contributed by atoms with van der Waals surface area (Å²) in [5, 5.41) is 92.5. The molecule has 6 saturated heterocycles. The third kappa shape index (κ3) is 12.4. The summed E-state index contributed by atoms with van der Waals surface area (Å²) in [5.41, 5.74) is -3.88. The number of carbonyl (C=O) groups is 2. The van der Waals surface area contributed by atoms with Crippen molar-refractivity contribution >= 4 is 11.6 Å². The van der Waals surface area contributed by atoms with Crippen molar-refractivity contribution < 1.29 is 107 Å². The summed E-state index contributed by atoms with van der Waals surface area (Å²) in [6, 6.07) is 3.14. The zero-order chi connectivity index (χ0) is 60.5. The van der Waals surface area contributed by atoms with Gasteiger partial charge in [-0.25, -0.2) is 0 Å². The van der Waals surface area contributed by atoms with Crippen LogP contribution >= 0.6 is 0 Å². The lowest BCUT2D eigenvalue weighted by atomic mass is 9.70. The average Bonchev–Trinajstić information content (AvgIpc) is 0.985. The number of fused-ring (bicyclic) bond motifs is 3. The van der Waals surface area contributed by atoms with E-state index >= 15 is 0 Å². The van der Waals surface area contributed by atoms with Crippen LogP contribution in [0.4, 0.5) is 0 Å². The molecule has 8 N–H and O–H groups in total. The predicted molar refractivity (Wildman–Crippen MR) is 294 cm³/mol. The van der Waals surface area contributed by atoms with E-state index in [9.17, 15) is 50.4 Å². The largest absolute Gasteiger partial charge is 0.507 e. The maximum absolute atomic E-state index is 14.5. The molecular weight excluding hydrogens is 1100 g/mol. The van der Waals surface area contributed by atoms with Gasteiger partial charge in [0.25, 0.3) is 0 Å². The lowest BCUT2D eigenvalue weighted by Gasteiger charge is -2.50. The number of hydrogen-bond donors (Lipinski definition) is 8. The highest BCUT2D eigenvalue weighted by Crippen LogP contribution is 2.58. The quantitative estimate of drug-likeness (QED) is 0.101. The van der Waals surface area contributed by atoms with Crippen LogP contribution in [-0.2, 0) is 56.8 Å². The van der Waals surface area contributed by atoms with Crippen molar-refractivity contribution in [1.82, 2.24) is 9.80 Å². The number of phenolic OH excluding ortho intramolecular Hbond substituents is 3. The number of ketones is 2. The Kier molecular flexibility index (Phi) is 19.3. The second-order valence-corrected chi connectivity index (χ2v) is 24.9. The van der Waals surface area contributed by atoms with Crippen molar-refractivity contribution in [2.75, 3.05) is 28.2 Å². The Labute approximate surface area is 490 Å². The number of nitrogens with zero attached hydrogens (tertiary/aromatic N) is 2. The SMILES string of the molecule is CC[C@@]1(O)C[C@H](OC2CC(N(C)C)C(OC3CC(O)C(OC4CCC(O)C(C)O4)C(C)O3)C(C)O2)c2c(O)c3c(c(O)c2[C@H]1OC1CC(N(C)C)C(OC2CC(O)C(OC4CCC(O)C(C)O4)C(C)O2)C(C)O1)C(=O)c1cccc(O)c1C3=O. The Bertz CT molecular complexity index is 2640. The summed E-state index contributed by atoms with van der Waals surface area (Å²) in [4.78, 5) is 33.0. The molecular formula is C60H88N2O22. The first kappa shape index (κ1) is 63.4. The van der Waals surface area contributed by atoms with E-state index < -0.39 is 193 Å². The zero-order valence-electron chi connectivity index (χ0n) is 49.8. The van der Waals surface area contributed by atoms with Gasteiger partial charge in [0.2, 0.25) is 5.78 Å². The van der Waals surface area contributed by atoms with E-state index in [4.69, 9.17) is 56.8 Å². The minimum absolute atomic E-state index is 0.00725. The molecule has 22 unspecified atom stereocenters. The summed E-state index contributed by atoms with van der Waals surface area (Å²) in [5.74, 6) is -3.71. The van der Waals surface area contributed by atoms with Crippen molar-refractivity contribution in [2.45, 2.75) is 266 Å². The molecule has 8 aliphatic rings. The third-order valence-electron chi connectivity index (χ3n) is 18.7. The van der Waals surface area contributed by atoms with Crippen LogP contribution in [0.3, 0.4) is 0 Å². The monoisotopic (exact) mass is 1190 g/mol. The van der Waals surface area contributed by atoms with Crippen LogP contribution in [0.25, 0.3) is 0 Å². The number of phenols is 3. The minimum atomic E-state index is -1.91. The van der Waals surface area contributed by atoms with E-state index in [-0.39, 0.29) is 60.8 Å². The van der Waals surface area contributed by atoms with Gasteiger partial charge in [-0.15, -0.1) is 0 Å². The molecule has 0 aromatic heterocycles. The molecule has 84 heavy (non-hydrogen) atoms. The first-order valence-corrected chi connectivity index (χ1v) is 29.9. The summed E-state index contributed by atoms with van der Waals surface area (Å²) >= 11 is 0. The van der Waals surface area contributed by atoms with Gasteiger partial charge >= 0.3 is 0 Å². The number of rotatable bonds is 15. The number of aliphatic hydroxyl groups is 5. The maximum atomic E-state index is 14.5. The first-order valence-electron chi connectivity index (χ1n) is 29.9. The number of carbonyl (C=O) groups excluding carboxylic acids is 2. The average molecular weight is 1190 g/mol. The molecule has 0 spiro atoms. The Balaban J connectivity index is 0.894. The normalized spacial score (nSPS) is 42.8. The fourth-order valence-electron chi connectivity index (χ4n) is 13.8. The van der Waals surface area contributed by atoms with Crippen LogP contribution in [0, 0.1) is 0 Å². The number of aromatic hydroxyl groups is 3. The summed E-state index contributed by atoms with van der Waals surface area (Å²) in [6.45, 7) is 12.4. The van der Waals surface area contributed by atoms with Crippen molar-refractivity contribution in [3.63, 3.8) is 0 Å². The Hall–Kier alpha value is -3.58. The molecule has 0 saturated carbocycles. The molecule has 24 heteroatoms. The Morgan fingerprint density at radius 1 is 0.500 bits per heavy atom. The number of benzene rings is 2. The second kappa shape index (κ2) is 25.5. The fraction of sp³-hybridized carbons (Fsp3) is 0.767. The number of hydrogen-bond acceptors (Lipinski definition) is 24. The molecule has 470 valence electrons. The van der Waals surface area contributed by atoms with Gasteiger partial charge in [-0.2, -0.15) is 0 Å². The molecule has 0 radical (unpaired) electrons. The third-order valence-corrected chi connectivity index (χ3v) is 18.7. The van der Waals surface area contributed by atoms with Crippen molar-refractivity contribution in [2.24, 2.45) is 0 Å². The van der Waals surface area contributed by atoms with E-state index in [1.807, 2.05) is 38.0 Å². The van der Waals surface area contributed by atoms with Gasteiger partial charge in [0, 0.05) is 73.7 Å². The highest BCUT2D eigenvalue weighted by Gasteiger charge is 2.56. The molecule has 0 amide bonds. The summed E-state index contributed by atoms with van der Waals surface area (Å²) in [6.07, 6.45) is -15.2. The summed E-state index contributed by atoms with van der Waals surface area (Å²) < 4.78 is 76.9. The molecule has 10 rings (SSSR count). The van der Waals surface area contributed by atoms with Crippen LogP contribution in [0.15, 0.2) is 18.2 Å². The fourth-order valence-corrected chi connectivity index (χ4v) is 13.8. The molecule has 25 atom stereocenters. The van der Waals surface area contributed by atoms with Crippen molar-refractivity contribution in [1.29, 1.82) is 0 Å². The van der Waals surface area contributed by atoms with Crippen LogP contribution in [-0.4, -0.2) is 231 Å². The van der Waals surface area contributed by atoms with E-state index in [0.717, 1.165) is 0 Å². The van der Waals surface area contributed by atoms with Crippen LogP contribution in [0.2, 0.25) is 0 Å². The van der Waals surface area contributed by atoms with Gasteiger partial charge in [0.15, 0.2) is 43.5 Å². The molecule has 2 aliphatic carbocycles. The highest BCUT2D eigenvalue weighted by molar-refractivity contribution is 6.31. The van der Waals surface area contributed by atoms with E-state index in [2.05, 4.69) is 0 Å². The molecule has 2 aromatic carbocycles. The van der Waals surface area contributed by atoms with Gasteiger partial charge in [-0.05, 0) is 95.1 Å². The summed E-state index contributed by atoms with van der Waals surface area (Å²) in [7, 11) is 7.46. The number of aliphatic hydroxyl groups excluding tert-OH is 4. The van der Waals surface area contributed by atoms with E-state index in [1.54, 1.807) is 48.5 Å². The van der Waals surface area contributed by atoms with Crippen LogP contribution < -0.4 is 0 Å². The van der Waals surface area contributed by atoms with Gasteiger partial charge in [-0.3, -0.25) is 9.59 Å². The molecule has 6 fully saturated rings. The van der Waals surface area contributed by atoms with Gasteiger partial charge in [0.1, 0.15) is 47.8 Å². The highest BCUT2D eigenvalue weighted by atomic mass is 16.8. The van der Waals surface area contributed by atoms with Gasteiger partial charge in [-0.1, -0.05) is 19.1 Å². The number of likely N-dealkylation sites (N-methyl/N-ethyl adjacent to an activating group) is 2. The van der Waals surface area contributed by atoms with Gasteiger partial charge in [0.05, 0.1) is 89.4 Å². The predicted octanol–water partition coefficient (Wildman–Crippen LogP) is 3.67. The van der Waals surface area contributed by atoms with Gasteiger partial charge < -0.3 is 107 Å². The first-order chi connectivity index (χ1) is 39.8. The van der Waals surface area contributed by atoms with Crippen LogP contribution in [0.5, 0.6) is 17.2 Å². The van der Waals surface area contributed by atoms with E-state index in [0.29, 0.717) is 25.7 Å². The smallest absolute Gasteiger partial charge is 0.202 e. The number of ether oxygens (including phenoxy) is 12. The second-order valence-electron chi connectivity index (χ2n) is 24.9. The standard InChI is InChI=1S/C60H88N2O22/c1-12-60(72)24-39(79-42-20-32(61(8)9)55(27(4)75-42)82-44-22-37(66)57(29(6)77-44)80-40-18-16-34(63)25(2)73-40)47-50(54(71)48-49(53(47)70)52(69)46-31(51(48)68)14-13-15-36(46)65)59(60)84-43-21-33(62(10)11)56(28(5)76-43)83-45-23-38(67)58(30(7)78-45)81-41-19-17-35(64)26(3)74-41/h13-15,25-30,32-35,37-45,55-59,63-67,70-72H,12,16-24H2,1-11H3/t25?,26?,27?,28?,29?,30?,32?,33?,34?,35?,37?,38?,39-,40?,41?,42?,43?,44?,45?,55?,56?,57?,58?,59+,60+/m0/s1. The minimum Gasteiger partial charge on any atom is -0.507 e. The maximum Gasteiger partial charge on any atom is 0.202 e. The van der Waals surface area contributed by atoms with Crippen molar-refractivity contribution in [3.05, 3.63) is 51.6 Å². The van der Waals surface area contributed by atoms with E-state index in [1.165, 1.54) is 18.2 Å². The molecule has 6 heterocycles. The molecule has 0 bridgehead atoms. The van der Waals surface area contributed by atoms with Crippen LogP contribution in [0.1, 0.15) is 168 Å². The topological polar surface area (TPSA) is 313 Å².